The normalized spacial score (nSPS) is 17.5. The molecule has 1 atom stereocenters. The van der Waals surface area contributed by atoms with Crippen LogP contribution in [0.15, 0.2) is 47.4 Å². The van der Waals surface area contributed by atoms with Crippen LogP contribution in [0.2, 0.25) is 0 Å². The number of aromatic nitrogens is 1. The second-order valence-corrected chi connectivity index (χ2v) is 6.76. The maximum Gasteiger partial charge on any atom is 0.263 e. The Hall–Kier alpha value is -2.43. The monoisotopic (exact) mass is 342 g/mol. The highest BCUT2D eigenvalue weighted by Crippen LogP contribution is 2.22. The van der Waals surface area contributed by atoms with E-state index in [4.69, 9.17) is 0 Å². The highest BCUT2D eigenvalue weighted by atomic mass is 19.1. The van der Waals surface area contributed by atoms with E-state index in [2.05, 4.69) is 0 Å². The van der Waals surface area contributed by atoms with E-state index >= 15 is 0 Å². The zero-order chi connectivity index (χ0) is 17.8. The van der Waals surface area contributed by atoms with Crippen molar-refractivity contribution in [2.24, 2.45) is 13.0 Å². The molecule has 1 fully saturated rings. The first-order valence-electron chi connectivity index (χ1n) is 8.74. The number of piperidine rings is 1. The first-order valence-corrected chi connectivity index (χ1v) is 8.74. The summed E-state index contributed by atoms with van der Waals surface area (Å²) in [5, 5.41) is 0. The molecule has 0 unspecified atom stereocenters. The molecule has 1 amide bonds. The van der Waals surface area contributed by atoms with Crippen molar-refractivity contribution in [3.05, 3.63) is 69.9 Å². The third-order valence-corrected chi connectivity index (χ3v) is 4.91. The summed E-state index contributed by atoms with van der Waals surface area (Å²) in [6.45, 7) is 1.38. The van der Waals surface area contributed by atoms with Gasteiger partial charge < -0.3 is 9.47 Å². The topological polar surface area (TPSA) is 42.3 Å². The van der Waals surface area contributed by atoms with Crippen LogP contribution in [-0.4, -0.2) is 28.5 Å². The minimum Gasteiger partial charge on any atom is -0.338 e. The predicted molar refractivity (Wildman–Crippen MR) is 95.0 cm³/mol. The van der Waals surface area contributed by atoms with Crippen LogP contribution in [0.25, 0.3) is 0 Å². The Kier molecular flexibility index (Phi) is 5.31. The quantitative estimate of drug-likeness (QED) is 0.857. The van der Waals surface area contributed by atoms with Gasteiger partial charge >= 0.3 is 0 Å². The number of hydrogen-bond acceptors (Lipinski definition) is 2. The minimum atomic E-state index is -0.249. The van der Waals surface area contributed by atoms with Gasteiger partial charge in [0.1, 0.15) is 11.4 Å². The number of likely N-dealkylation sites (tertiary alicyclic amines) is 1. The third kappa shape index (κ3) is 4.16. The summed E-state index contributed by atoms with van der Waals surface area (Å²) in [6.07, 6.45) is 5.52. The lowest BCUT2D eigenvalue weighted by Crippen LogP contribution is -2.42. The van der Waals surface area contributed by atoms with Gasteiger partial charge in [-0.1, -0.05) is 12.1 Å². The van der Waals surface area contributed by atoms with Crippen LogP contribution < -0.4 is 5.56 Å². The van der Waals surface area contributed by atoms with E-state index in [1.54, 1.807) is 30.3 Å². The Bertz CT molecular complexity index is 798. The van der Waals surface area contributed by atoms with Crippen LogP contribution in [0.5, 0.6) is 0 Å². The molecule has 2 heterocycles. The number of aryl methyl sites for hydroxylation is 2. The lowest BCUT2D eigenvalue weighted by Gasteiger charge is -2.32. The molecule has 0 spiro atoms. The van der Waals surface area contributed by atoms with E-state index in [-0.39, 0.29) is 22.8 Å². The van der Waals surface area contributed by atoms with Crippen LogP contribution in [0.1, 0.15) is 35.2 Å². The van der Waals surface area contributed by atoms with Crippen molar-refractivity contribution in [2.45, 2.75) is 25.7 Å². The molecule has 132 valence electrons. The van der Waals surface area contributed by atoms with Crippen LogP contribution in [0.4, 0.5) is 4.39 Å². The van der Waals surface area contributed by atoms with Gasteiger partial charge in [0.25, 0.3) is 11.5 Å². The van der Waals surface area contributed by atoms with E-state index in [9.17, 15) is 14.0 Å². The first-order chi connectivity index (χ1) is 12.0. The zero-order valence-corrected chi connectivity index (χ0v) is 14.5. The fraction of sp³-hybridized carbons (Fsp3) is 0.400. The minimum absolute atomic E-state index is 0.173. The Labute approximate surface area is 146 Å². The maximum atomic E-state index is 13.0. The number of rotatable bonds is 4. The molecular weight excluding hydrogens is 319 g/mol. The van der Waals surface area contributed by atoms with Crippen molar-refractivity contribution in [3.63, 3.8) is 0 Å². The van der Waals surface area contributed by atoms with Crippen LogP contribution >= 0.6 is 0 Å². The highest BCUT2D eigenvalue weighted by Gasteiger charge is 2.25. The summed E-state index contributed by atoms with van der Waals surface area (Å²) in [7, 11) is 1.65. The Morgan fingerprint density at radius 2 is 2.00 bits per heavy atom. The van der Waals surface area contributed by atoms with Gasteiger partial charge in [0.05, 0.1) is 0 Å². The molecule has 0 N–H and O–H groups in total. The number of carbonyl (C=O) groups excluding carboxylic acids is 1. The second-order valence-electron chi connectivity index (χ2n) is 6.76. The molecule has 0 bridgehead atoms. The fourth-order valence-corrected chi connectivity index (χ4v) is 3.44. The van der Waals surface area contributed by atoms with Crippen LogP contribution in [0, 0.1) is 11.7 Å². The fourth-order valence-electron chi connectivity index (χ4n) is 3.44. The highest BCUT2D eigenvalue weighted by molar-refractivity contribution is 5.93. The molecule has 1 aliphatic heterocycles. The molecule has 1 saturated heterocycles. The van der Waals surface area contributed by atoms with Crippen molar-refractivity contribution >= 4 is 5.91 Å². The standard InChI is InChI=1S/C20H23FN2O2/c1-22-12-3-5-18(19(22)24)20(25)23-13-2-4-16(14-23)7-6-15-8-10-17(21)11-9-15/h3,5,8-12,16H,2,4,6-7,13-14H2,1H3/t16-/m0/s1. The van der Waals surface area contributed by atoms with Gasteiger partial charge in [-0.2, -0.15) is 0 Å². The van der Waals surface area contributed by atoms with E-state index in [1.807, 2.05) is 12.1 Å². The number of benzene rings is 1. The molecule has 1 aliphatic rings. The van der Waals surface area contributed by atoms with Gasteiger partial charge in [-0.3, -0.25) is 9.59 Å². The summed E-state index contributed by atoms with van der Waals surface area (Å²) in [4.78, 5) is 26.7. The first kappa shape index (κ1) is 17.4. The Morgan fingerprint density at radius 1 is 1.24 bits per heavy atom. The van der Waals surface area contributed by atoms with Crippen LogP contribution in [0.3, 0.4) is 0 Å². The molecule has 3 rings (SSSR count). The molecule has 0 aliphatic carbocycles. The molecule has 0 saturated carbocycles. The largest absolute Gasteiger partial charge is 0.338 e. The number of pyridine rings is 1. The maximum absolute atomic E-state index is 13.0. The van der Waals surface area contributed by atoms with Crippen LogP contribution in [-0.2, 0) is 13.5 Å². The molecule has 1 aromatic carbocycles. The summed E-state index contributed by atoms with van der Waals surface area (Å²) < 4.78 is 14.4. The molecule has 4 nitrogen and oxygen atoms in total. The van der Waals surface area contributed by atoms with Gasteiger partial charge in [0, 0.05) is 26.3 Å². The Morgan fingerprint density at radius 3 is 2.76 bits per heavy atom. The molecule has 1 aromatic heterocycles. The second kappa shape index (κ2) is 7.64. The molecular formula is C20H23FN2O2. The Balaban J connectivity index is 1.62. The van der Waals surface area contributed by atoms with E-state index in [0.29, 0.717) is 19.0 Å². The summed E-state index contributed by atoms with van der Waals surface area (Å²) in [6, 6.07) is 9.93. The number of carbonyl (C=O) groups is 1. The zero-order valence-electron chi connectivity index (χ0n) is 14.5. The van der Waals surface area contributed by atoms with E-state index in [1.165, 1.54) is 16.7 Å². The predicted octanol–water partition coefficient (Wildman–Crippen LogP) is 3.01. The molecule has 25 heavy (non-hydrogen) atoms. The van der Waals surface area contributed by atoms with E-state index in [0.717, 1.165) is 31.2 Å². The van der Waals surface area contributed by atoms with Crippen molar-refractivity contribution in [3.8, 4) is 0 Å². The smallest absolute Gasteiger partial charge is 0.263 e. The molecule has 0 radical (unpaired) electrons. The average Bonchev–Trinajstić information content (AvgIpc) is 2.63. The van der Waals surface area contributed by atoms with Crippen molar-refractivity contribution in [1.29, 1.82) is 0 Å². The van der Waals surface area contributed by atoms with Gasteiger partial charge in [-0.25, -0.2) is 4.39 Å². The lowest BCUT2D eigenvalue weighted by molar-refractivity contribution is 0.0666. The number of nitrogens with zero attached hydrogens (tertiary/aromatic N) is 2. The number of amides is 1. The SMILES string of the molecule is Cn1cccc(C(=O)N2CCC[C@@H](CCc3ccc(F)cc3)C2)c1=O. The third-order valence-electron chi connectivity index (χ3n) is 4.91. The summed E-state index contributed by atoms with van der Waals surface area (Å²) >= 11 is 0. The summed E-state index contributed by atoms with van der Waals surface area (Å²) in [5.74, 6) is 0.0191. The van der Waals surface area contributed by atoms with Crippen molar-refractivity contribution in [2.75, 3.05) is 13.1 Å². The number of hydrogen-bond donors (Lipinski definition) is 0. The number of halogens is 1. The van der Waals surface area contributed by atoms with Gasteiger partial charge in [-0.05, 0) is 61.4 Å². The summed E-state index contributed by atoms with van der Waals surface area (Å²) in [5.41, 5.74) is 1.10. The van der Waals surface area contributed by atoms with Gasteiger partial charge in [0.2, 0.25) is 0 Å². The molecule has 2 aromatic rings. The van der Waals surface area contributed by atoms with E-state index < -0.39 is 0 Å². The average molecular weight is 342 g/mol. The molecule has 5 heteroatoms. The lowest BCUT2D eigenvalue weighted by atomic mass is 9.91. The van der Waals surface area contributed by atoms with Gasteiger partial charge in [-0.15, -0.1) is 0 Å². The van der Waals surface area contributed by atoms with Crippen molar-refractivity contribution in [1.82, 2.24) is 9.47 Å². The van der Waals surface area contributed by atoms with Crippen molar-refractivity contribution < 1.29 is 9.18 Å². The van der Waals surface area contributed by atoms with Gasteiger partial charge in [0.15, 0.2) is 0 Å².